The number of hydrogen-bond donors (Lipinski definition) is 1. The Kier molecular flexibility index (Phi) is 4.18. The topological polar surface area (TPSA) is 21.3 Å². The molecule has 0 fully saturated rings. The quantitative estimate of drug-likeness (QED) is 0.875. The molecule has 0 atom stereocenters. The van der Waals surface area contributed by atoms with Crippen molar-refractivity contribution in [1.29, 1.82) is 0 Å². The van der Waals surface area contributed by atoms with Crippen molar-refractivity contribution in [2.75, 3.05) is 7.11 Å². The summed E-state index contributed by atoms with van der Waals surface area (Å²) in [5.74, 6) is 0.905. The van der Waals surface area contributed by atoms with Gasteiger partial charge in [0.05, 0.1) is 7.11 Å². The Morgan fingerprint density at radius 1 is 1.06 bits per heavy atom. The monoisotopic (exact) mass is 247 g/mol. The smallest absolute Gasteiger partial charge is 0.118 e. The maximum atomic E-state index is 5.13. The van der Waals surface area contributed by atoms with E-state index in [0.717, 1.165) is 18.8 Å². The largest absolute Gasteiger partial charge is 0.497 e. The summed E-state index contributed by atoms with van der Waals surface area (Å²) in [6, 6.07) is 12.5. The van der Waals surface area contributed by atoms with Gasteiger partial charge in [-0.25, -0.2) is 0 Å². The first kappa shape index (κ1) is 12.1. The van der Waals surface area contributed by atoms with Gasteiger partial charge in [-0.3, -0.25) is 0 Å². The number of benzene rings is 1. The van der Waals surface area contributed by atoms with Crippen LogP contribution < -0.4 is 10.1 Å². The molecule has 17 heavy (non-hydrogen) atoms. The third-order valence-corrected chi connectivity index (χ3v) is 3.58. The molecule has 0 unspecified atom stereocenters. The standard InChI is InChI=1S/C14H17NOS/c1-11-3-8-14(17-11)10-15-9-12-4-6-13(16-2)7-5-12/h3-8,15H,9-10H2,1-2H3. The molecular formula is C14H17NOS. The molecule has 0 amide bonds. The van der Waals surface area contributed by atoms with Gasteiger partial charge in [0.15, 0.2) is 0 Å². The van der Waals surface area contributed by atoms with Crippen LogP contribution in [0.4, 0.5) is 0 Å². The predicted molar refractivity (Wildman–Crippen MR) is 72.6 cm³/mol. The van der Waals surface area contributed by atoms with Crippen molar-refractivity contribution < 1.29 is 4.74 Å². The summed E-state index contributed by atoms with van der Waals surface area (Å²) in [6.45, 7) is 3.96. The molecule has 2 aromatic rings. The summed E-state index contributed by atoms with van der Waals surface area (Å²) in [4.78, 5) is 2.75. The minimum absolute atomic E-state index is 0.890. The van der Waals surface area contributed by atoms with Crippen molar-refractivity contribution in [3.63, 3.8) is 0 Å². The van der Waals surface area contributed by atoms with E-state index in [2.05, 4.69) is 36.5 Å². The summed E-state index contributed by atoms with van der Waals surface area (Å²) < 4.78 is 5.13. The summed E-state index contributed by atoms with van der Waals surface area (Å²) in [7, 11) is 1.69. The first-order valence-corrected chi connectivity index (χ1v) is 6.48. The normalized spacial score (nSPS) is 10.5. The molecule has 1 N–H and O–H groups in total. The molecule has 0 saturated carbocycles. The zero-order chi connectivity index (χ0) is 12.1. The van der Waals surface area contributed by atoms with Crippen LogP contribution in [0.3, 0.4) is 0 Å². The van der Waals surface area contributed by atoms with Gasteiger partial charge in [-0.15, -0.1) is 11.3 Å². The van der Waals surface area contributed by atoms with Crippen LogP contribution in [0.5, 0.6) is 5.75 Å². The molecule has 1 aromatic carbocycles. The Balaban J connectivity index is 1.81. The van der Waals surface area contributed by atoms with E-state index in [1.54, 1.807) is 7.11 Å². The van der Waals surface area contributed by atoms with Gasteiger partial charge >= 0.3 is 0 Å². The zero-order valence-electron chi connectivity index (χ0n) is 10.2. The second-order valence-electron chi connectivity index (χ2n) is 3.96. The lowest BCUT2D eigenvalue weighted by molar-refractivity contribution is 0.414. The van der Waals surface area contributed by atoms with Crippen molar-refractivity contribution in [3.8, 4) is 5.75 Å². The first-order valence-electron chi connectivity index (χ1n) is 5.67. The second kappa shape index (κ2) is 5.84. The lowest BCUT2D eigenvalue weighted by atomic mass is 10.2. The highest BCUT2D eigenvalue weighted by Crippen LogP contribution is 2.15. The molecule has 2 rings (SSSR count). The maximum absolute atomic E-state index is 5.13. The van der Waals surface area contributed by atoms with Crippen molar-refractivity contribution in [2.24, 2.45) is 0 Å². The molecule has 0 aliphatic rings. The summed E-state index contributed by atoms with van der Waals surface area (Å²) in [6.07, 6.45) is 0. The van der Waals surface area contributed by atoms with Crippen LogP contribution in [-0.2, 0) is 13.1 Å². The third kappa shape index (κ3) is 3.58. The number of methoxy groups -OCH3 is 1. The van der Waals surface area contributed by atoms with Crippen LogP contribution in [0.1, 0.15) is 15.3 Å². The van der Waals surface area contributed by atoms with Crippen LogP contribution >= 0.6 is 11.3 Å². The number of rotatable bonds is 5. The van der Waals surface area contributed by atoms with Crippen molar-refractivity contribution in [1.82, 2.24) is 5.32 Å². The van der Waals surface area contributed by atoms with Crippen LogP contribution in [0, 0.1) is 6.92 Å². The van der Waals surface area contributed by atoms with E-state index in [9.17, 15) is 0 Å². The average molecular weight is 247 g/mol. The highest BCUT2D eigenvalue weighted by molar-refractivity contribution is 7.11. The lowest BCUT2D eigenvalue weighted by Crippen LogP contribution is -2.11. The molecule has 0 aliphatic heterocycles. The van der Waals surface area contributed by atoms with Gasteiger partial charge in [-0.05, 0) is 36.8 Å². The molecule has 90 valence electrons. The van der Waals surface area contributed by atoms with Crippen LogP contribution in [-0.4, -0.2) is 7.11 Å². The summed E-state index contributed by atoms with van der Waals surface area (Å²) >= 11 is 1.85. The molecule has 1 heterocycles. The molecule has 0 bridgehead atoms. The Labute approximate surface area is 106 Å². The highest BCUT2D eigenvalue weighted by Gasteiger charge is 1.97. The van der Waals surface area contributed by atoms with Gasteiger partial charge in [0.25, 0.3) is 0 Å². The molecule has 0 aliphatic carbocycles. The van der Waals surface area contributed by atoms with Gasteiger partial charge in [0.1, 0.15) is 5.75 Å². The minimum atomic E-state index is 0.890. The fourth-order valence-electron chi connectivity index (χ4n) is 1.65. The Morgan fingerprint density at radius 2 is 1.82 bits per heavy atom. The molecule has 0 saturated heterocycles. The van der Waals surface area contributed by atoms with Gasteiger partial charge in [-0.2, -0.15) is 0 Å². The molecular weight excluding hydrogens is 230 g/mol. The Morgan fingerprint density at radius 3 is 2.41 bits per heavy atom. The minimum Gasteiger partial charge on any atom is -0.497 e. The van der Waals surface area contributed by atoms with E-state index in [4.69, 9.17) is 4.74 Å². The number of aryl methyl sites for hydroxylation is 1. The van der Waals surface area contributed by atoms with Crippen molar-refractivity contribution >= 4 is 11.3 Å². The number of ether oxygens (including phenoxy) is 1. The van der Waals surface area contributed by atoms with E-state index >= 15 is 0 Å². The van der Waals surface area contributed by atoms with E-state index in [1.165, 1.54) is 15.3 Å². The third-order valence-electron chi connectivity index (χ3n) is 2.58. The summed E-state index contributed by atoms with van der Waals surface area (Å²) in [5.41, 5.74) is 1.28. The molecule has 3 heteroatoms. The van der Waals surface area contributed by atoms with E-state index in [0.29, 0.717) is 0 Å². The molecule has 0 radical (unpaired) electrons. The SMILES string of the molecule is COc1ccc(CNCc2ccc(C)s2)cc1. The van der Waals surface area contributed by atoms with E-state index < -0.39 is 0 Å². The second-order valence-corrected chi connectivity index (χ2v) is 5.34. The highest BCUT2D eigenvalue weighted by atomic mass is 32.1. The van der Waals surface area contributed by atoms with Crippen LogP contribution in [0.2, 0.25) is 0 Å². The van der Waals surface area contributed by atoms with E-state index in [-0.39, 0.29) is 0 Å². The van der Waals surface area contributed by atoms with Gasteiger partial charge in [0, 0.05) is 22.8 Å². The average Bonchev–Trinajstić information content (AvgIpc) is 2.76. The fourth-order valence-corrected chi connectivity index (χ4v) is 2.51. The maximum Gasteiger partial charge on any atom is 0.118 e. The van der Waals surface area contributed by atoms with E-state index in [1.807, 2.05) is 23.5 Å². The summed E-state index contributed by atoms with van der Waals surface area (Å²) in [5, 5.41) is 3.44. The fraction of sp³-hybridized carbons (Fsp3) is 0.286. The molecule has 1 aromatic heterocycles. The van der Waals surface area contributed by atoms with Crippen LogP contribution in [0.25, 0.3) is 0 Å². The van der Waals surface area contributed by atoms with Gasteiger partial charge < -0.3 is 10.1 Å². The predicted octanol–water partition coefficient (Wildman–Crippen LogP) is 3.35. The number of thiophene rings is 1. The zero-order valence-corrected chi connectivity index (χ0v) is 11.0. The number of nitrogens with one attached hydrogen (secondary N) is 1. The van der Waals surface area contributed by atoms with Gasteiger partial charge in [-0.1, -0.05) is 12.1 Å². The first-order chi connectivity index (χ1) is 8.28. The molecule has 0 spiro atoms. The van der Waals surface area contributed by atoms with Gasteiger partial charge in [0.2, 0.25) is 0 Å². The number of hydrogen-bond acceptors (Lipinski definition) is 3. The van der Waals surface area contributed by atoms with Crippen LogP contribution in [0.15, 0.2) is 36.4 Å². The Hall–Kier alpha value is -1.32. The molecule has 2 nitrogen and oxygen atoms in total. The Bertz CT molecular complexity index is 461. The van der Waals surface area contributed by atoms with Crippen molar-refractivity contribution in [2.45, 2.75) is 20.0 Å². The van der Waals surface area contributed by atoms with Crippen molar-refractivity contribution in [3.05, 3.63) is 51.7 Å². The lowest BCUT2D eigenvalue weighted by Gasteiger charge is -2.04.